The maximum Gasteiger partial charge on any atom is 0.122 e. The number of hydrogen-bond acceptors (Lipinski definition) is 1. The molecule has 1 unspecified atom stereocenters. The van der Waals surface area contributed by atoms with Crippen LogP contribution in [0.4, 0.5) is 0 Å². The van der Waals surface area contributed by atoms with Crippen molar-refractivity contribution in [1.29, 1.82) is 0 Å². The Morgan fingerprint density at radius 2 is 1.94 bits per heavy atom. The minimum atomic E-state index is 0.416. The zero-order valence-electron chi connectivity index (χ0n) is 10.9. The first-order valence-electron chi connectivity index (χ1n) is 5.94. The van der Waals surface area contributed by atoms with Gasteiger partial charge in [0.15, 0.2) is 0 Å². The van der Waals surface area contributed by atoms with Crippen LogP contribution in [-0.2, 0) is 0 Å². The number of rotatable bonds is 5. The quantitative estimate of drug-likeness (QED) is 0.679. The van der Waals surface area contributed by atoms with Crippen LogP contribution in [0, 0.1) is 12.8 Å². The molecule has 1 atom stereocenters. The van der Waals surface area contributed by atoms with Gasteiger partial charge in [0.2, 0.25) is 0 Å². The first-order chi connectivity index (χ1) is 7.95. The Kier molecular flexibility index (Phi) is 5.81. The molecule has 1 aromatic rings. The zero-order chi connectivity index (χ0) is 13.0. The molecule has 1 aromatic carbocycles. The molecule has 0 spiro atoms. The van der Waals surface area contributed by atoms with Crippen molar-refractivity contribution < 1.29 is 4.74 Å². The summed E-state index contributed by atoms with van der Waals surface area (Å²) in [6, 6.07) is 4.06. The van der Waals surface area contributed by atoms with Crippen LogP contribution in [0.25, 0.3) is 0 Å². The molecule has 0 aliphatic rings. The Morgan fingerprint density at radius 3 is 2.47 bits per heavy atom. The van der Waals surface area contributed by atoms with Gasteiger partial charge in [-0.1, -0.05) is 48.3 Å². The smallest absolute Gasteiger partial charge is 0.122 e. The molecule has 17 heavy (non-hydrogen) atoms. The van der Waals surface area contributed by atoms with Crippen LogP contribution in [0.1, 0.15) is 37.8 Å². The molecule has 0 aliphatic carbocycles. The largest absolute Gasteiger partial charge is 0.493 e. The van der Waals surface area contributed by atoms with Crippen molar-refractivity contribution in [1.82, 2.24) is 0 Å². The van der Waals surface area contributed by atoms with Crippen molar-refractivity contribution in [2.45, 2.75) is 33.6 Å². The second-order valence-electron chi connectivity index (χ2n) is 4.86. The van der Waals surface area contributed by atoms with Gasteiger partial charge in [0.25, 0.3) is 0 Å². The van der Waals surface area contributed by atoms with Crippen LogP contribution < -0.4 is 4.74 Å². The first-order valence-corrected chi connectivity index (χ1v) is 7.44. The third kappa shape index (κ3) is 4.18. The van der Waals surface area contributed by atoms with Crippen molar-refractivity contribution >= 4 is 27.5 Å². The van der Waals surface area contributed by atoms with E-state index in [4.69, 9.17) is 16.3 Å². The Bertz CT molecular complexity index is 377. The van der Waals surface area contributed by atoms with Crippen molar-refractivity contribution in [2.75, 3.05) is 11.9 Å². The molecule has 0 fully saturated rings. The van der Waals surface area contributed by atoms with Gasteiger partial charge in [-0.25, -0.2) is 0 Å². The fourth-order valence-corrected chi connectivity index (χ4v) is 2.17. The van der Waals surface area contributed by atoms with Crippen molar-refractivity contribution in [2.24, 2.45) is 5.92 Å². The summed E-state index contributed by atoms with van der Waals surface area (Å²) in [5.41, 5.74) is 2.25. The van der Waals surface area contributed by atoms with E-state index in [1.165, 1.54) is 0 Å². The summed E-state index contributed by atoms with van der Waals surface area (Å²) in [5.74, 6) is 1.87. The summed E-state index contributed by atoms with van der Waals surface area (Å²) in [5, 5.41) is 1.79. The molecule has 0 amide bonds. The van der Waals surface area contributed by atoms with Crippen molar-refractivity contribution in [3.8, 4) is 5.75 Å². The van der Waals surface area contributed by atoms with Crippen LogP contribution in [-0.4, -0.2) is 11.9 Å². The van der Waals surface area contributed by atoms with E-state index in [2.05, 4.69) is 42.8 Å². The number of hydrogen-bond donors (Lipinski definition) is 0. The number of alkyl halides is 1. The molecule has 0 N–H and O–H groups in total. The third-order valence-corrected chi connectivity index (χ3v) is 4.14. The average Bonchev–Trinajstić information content (AvgIpc) is 2.26. The molecule has 0 aromatic heterocycles. The van der Waals surface area contributed by atoms with Crippen LogP contribution in [0.15, 0.2) is 12.1 Å². The second kappa shape index (κ2) is 6.65. The normalized spacial score (nSPS) is 12.9. The summed E-state index contributed by atoms with van der Waals surface area (Å²) in [6.07, 6.45) is 0. The predicted molar refractivity (Wildman–Crippen MR) is 78.7 cm³/mol. The molecule has 0 heterocycles. The number of benzene rings is 1. The maximum atomic E-state index is 6.22. The Hall–Kier alpha value is -0.210. The van der Waals surface area contributed by atoms with E-state index in [0.29, 0.717) is 11.8 Å². The highest BCUT2D eigenvalue weighted by Gasteiger charge is 2.11. The lowest BCUT2D eigenvalue weighted by Crippen LogP contribution is -2.10. The van der Waals surface area contributed by atoms with Crippen molar-refractivity contribution in [3.05, 3.63) is 28.3 Å². The second-order valence-corrected chi connectivity index (χ2v) is 5.92. The van der Waals surface area contributed by atoms with E-state index in [9.17, 15) is 0 Å². The van der Waals surface area contributed by atoms with Gasteiger partial charge in [0, 0.05) is 10.4 Å². The lowest BCUT2D eigenvalue weighted by atomic mass is 10.0. The van der Waals surface area contributed by atoms with Crippen LogP contribution in [0.3, 0.4) is 0 Å². The van der Waals surface area contributed by atoms with Gasteiger partial charge in [0.1, 0.15) is 5.75 Å². The fraction of sp³-hybridized carbons (Fsp3) is 0.571. The number of halogens is 2. The van der Waals surface area contributed by atoms with Crippen LogP contribution in [0.2, 0.25) is 5.02 Å². The van der Waals surface area contributed by atoms with E-state index in [1.54, 1.807) is 0 Å². The Labute approximate surface area is 118 Å². The van der Waals surface area contributed by atoms with Gasteiger partial charge in [-0.15, -0.1) is 0 Å². The van der Waals surface area contributed by atoms with Crippen molar-refractivity contribution in [3.63, 3.8) is 0 Å². The van der Waals surface area contributed by atoms with Gasteiger partial charge >= 0.3 is 0 Å². The lowest BCUT2D eigenvalue weighted by Gasteiger charge is -2.16. The summed E-state index contributed by atoms with van der Waals surface area (Å²) in [4.78, 5) is 0. The molecule has 0 bridgehead atoms. The highest BCUT2D eigenvalue weighted by molar-refractivity contribution is 9.09. The highest BCUT2D eigenvalue weighted by atomic mass is 79.9. The maximum absolute atomic E-state index is 6.22. The molecular formula is C14H20BrClO. The molecule has 1 nitrogen and oxygen atoms in total. The van der Waals surface area contributed by atoms with E-state index >= 15 is 0 Å². The standard InChI is InChI=1S/C14H20BrClO/c1-9(2)12-6-14(11(4)5-13(12)16)17-8-10(3)7-15/h5-6,9-10H,7-8H2,1-4H3. The van der Waals surface area contributed by atoms with Crippen LogP contribution >= 0.6 is 27.5 Å². The molecule has 0 saturated heterocycles. The third-order valence-electron chi connectivity index (χ3n) is 2.70. The lowest BCUT2D eigenvalue weighted by molar-refractivity contribution is 0.272. The molecule has 96 valence electrons. The van der Waals surface area contributed by atoms with Crippen LogP contribution in [0.5, 0.6) is 5.75 Å². The molecule has 0 saturated carbocycles. The van der Waals surface area contributed by atoms with E-state index < -0.39 is 0 Å². The van der Waals surface area contributed by atoms with Gasteiger partial charge in [-0.05, 0) is 42.0 Å². The summed E-state index contributed by atoms with van der Waals surface area (Å²) < 4.78 is 5.85. The zero-order valence-corrected chi connectivity index (χ0v) is 13.2. The SMILES string of the molecule is Cc1cc(Cl)c(C(C)C)cc1OCC(C)CBr. The minimum absolute atomic E-state index is 0.416. The van der Waals surface area contributed by atoms with Gasteiger partial charge in [0.05, 0.1) is 6.61 Å². The molecule has 0 radical (unpaired) electrons. The minimum Gasteiger partial charge on any atom is -0.493 e. The Morgan fingerprint density at radius 1 is 1.29 bits per heavy atom. The molecule has 3 heteroatoms. The average molecular weight is 320 g/mol. The summed E-state index contributed by atoms with van der Waals surface area (Å²) >= 11 is 9.68. The molecule has 1 rings (SSSR count). The Balaban J connectivity index is 2.88. The predicted octanol–water partition coefficient (Wildman–Crippen LogP) is 5.18. The van der Waals surface area contributed by atoms with Gasteiger partial charge < -0.3 is 4.74 Å². The van der Waals surface area contributed by atoms with Gasteiger partial charge in [-0.3, -0.25) is 0 Å². The molecule has 0 aliphatic heterocycles. The number of aryl methyl sites for hydroxylation is 1. The molecular weight excluding hydrogens is 300 g/mol. The summed E-state index contributed by atoms with van der Waals surface area (Å²) in [7, 11) is 0. The van der Waals surface area contributed by atoms with Gasteiger partial charge in [-0.2, -0.15) is 0 Å². The fourth-order valence-electron chi connectivity index (χ4n) is 1.54. The highest BCUT2D eigenvalue weighted by Crippen LogP contribution is 2.31. The van der Waals surface area contributed by atoms with E-state index in [0.717, 1.165) is 33.8 Å². The number of ether oxygens (including phenoxy) is 1. The van der Waals surface area contributed by atoms with E-state index in [-0.39, 0.29) is 0 Å². The van der Waals surface area contributed by atoms with E-state index in [1.807, 2.05) is 13.0 Å². The monoisotopic (exact) mass is 318 g/mol. The summed E-state index contributed by atoms with van der Waals surface area (Å²) in [6.45, 7) is 9.20. The first kappa shape index (κ1) is 14.8. The topological polar surface area (TPSA) is 9.23 Å².